The first-order valence-corrected chi connectivity index (χ1v) is 7.02. The van der Waals surface area contributed by atoms with Gasteiger partial charge in [0.15, 0.2) is 0 Å². The predicted octanol–water partition coefficient (Wildman–Crippen LogP) is 3.50. The Kier molecular flexibility index (Phi) is 4.06. The van der Waals surface area contributed by atoms with E-state index in [1.807, 2.05) is 0 Å². The monoisotopic (exact) mass is 336 g/mol. The van der Waals surface area contributed by atoms with Crippen LogP contribution in [0.3, 0.4) is 0 Å². The number of hydrogen-bond donors (Lipinski definition) is 1. The van der Waals surface area contributed by atoms with Gasteiger partial charge in [-0.3, -0.25) is 4.98 Å². The van der Waals surface area contributed by atoms with E-state index < -0.39 is 11.6 Å². The quantitative estimate of drug-likeness (QED) is 0.792. The Bertz CT molecular complexity index is 882. The fourth-order valence-corrected chi connectivity index (χ4v) is 2.40. The molecule has 1 aromatic carbocycles. The SMILES string of the molecule is Cc1nc(-c2c(F)cc(Cl)cc2-c2cnc(CN)c(F)c2)no1. The number of rotatable bonds is 3. The molecule has 3 rings (SSSR count). The summed E-state index contributed by atoms with van der Waals surface area (Å²) in [4.78, 5) is 7.96. The van der Waals surface area contributed by atoms with Crippen LogP contribution in [0.25, 0.3) is 22.5 Å². The summed E-state index contributed by atoms with van der Waals surface area (Å²) in [6.45, 7) is 1.55. The van der Waals surface area contributed by atoms with Crippen LogP contribution in [0, 0.1) is 18.6 Å². The zero-order valence-corrected chi connectivity index (χ0v) is 12.7. The van der Waals surface area contributed by atoms with Crippen LogP contribution in [0.5, 0.6) is 0 Å². The summed E-state index contributed by atoms with van der Waals surface area (Å²) >= 11 is 5.92. The van der Waals surface area contributed by atoms with Gasteiger partial charge in [0.05, 0.1) is 11.3 Å². The van der Waals surface area contributed by atoms with Crippen LogP contribution >= 0.6 is 11.6 Å². The third kappa shape index (κ3) is 2.93. The third-order valence-corrected chi connectivity index (χ3v) is 3.45. The van der Waals surface area contributed by atoms with E-state index in [0.29, 0.717) is 11.1 Å². The summed E-state index contributed by atoms with van der Waals surface area (Å²) in [6, 6.07) is 3.84. The lowest BCUT2D eigenvalue weighted by atomic mass is 9.99. The molecule has 5 nitrogen and oxygen atoms in total. The molecule has 0 radical (unpaired) electrons. The molecule has 0 aliphatic heterocycles. The fraction of sp³-hybridized carbons (Fsp3) is 0.133. The third-order valence-electron chi connectivity index (χ3n) is 3.23. The Hall–Kier alpha value is -2.38. The van der Waals surface area contributed by atoms with Crippen LogP contribution in [0.15, 0.2) is 28.9 Å². The van der Waals surface area contributed by atoms with E-state index in [0.717, 1.165) is 6.07 Å². The molecule has 0 saturated heterocycles. The Morgan fingerprint density at radius 2 is 2.00 bits per heavy atom. The van der Waals surface area contributed by atoms with Crippen molar-refractivity contribution in [2.24, 2.45) is 5.73 Å². The normalized spacial score (nSPS) is 11.0. The highest BCUT2D eigenvalue weighted by molar-refractivity contribution is 6.31. The van der Waals surface area contributed by atoms with Gasteiger partial charge in [-0.2, -0.15) is 4.98 Å². The van der Waals surface area contributed by atoms with Gasteiger partial charge < -0.3 is 10.3 Å². The van der Waals surface area contributed by atoms with E-state index in [4.69, 9.17) is 21.9 Å². The summed E-state index contributed by atoms with van der Waals surface area (Å²) < 4.78 is 33.2. The molecule has 8 heteroatoms. The van der Waals surface area contributed by atoms with Crippen LogP contribution in [-0.2, 0) is 6.54 Å². The summed E-state index contributed by atoms with van der Waals surface area (Å²) in [7, 11) is 0. The van der Waals surface area contributed by atoms with Crippen molar-refractivity contribution in [1.29, 1.82) is 0 Å². The maximum Gasteiger partial charge on any atom is 0.223 e. The lowest BCUT2D eigenvalue weighted by Crippen LogP contribution is -2.03. The molecule has 2 heterocycles. The number of nitrogens with two attached hydrogens (primary N) is 1. The maximum atomic E-state index is 14.4. The van der Waals surface area contributed by atoms with E-state index in [9.17, 15) is 8.78 Å². The van der Waals surface area contributed by atoms with Crippen molar-refractivity contribution < 1.29 is 13.3 Å². The number of nitrogens with zero attached hydrogens (tertiary/aromatic N) is 3. The maximum absolute atomic E-state index is 14.4. The van der Waals surface area contributed by atoms with Crippen LogP contribution in [0.4, 0.5) is 8.78 Å². The van der Waals surface area contributed by atoms with Gasteiger partial charge >= 0.3 is 0 Å². The molecular weight excluding hydrogens is 326 g/mol. The standard InChI is InChI=1S/C15H11ClF2N4O/c1-7-21-15(22-23-7)14-10(3-9(16)4-12(14)18)8-2-11(17)13(5-19)20-6-8/h2-4,6H,5,19H2,1H3. The number of hydrogen-bond acceptors (Lipinski definition) is 5. The average molecular weight is 337 g/mol. The molecule has 0 amide bonds. The van der Waals surface area contributed by atoms with Crippen molar-refractivity contribution in [1.82, 2.24) is 15.1 Å². The highest BCUT2D eigenvalue weighted by Crippen LogP contribution is 2.35. The van der Waals surface area contributed by atoms with Crippen molar-refractivity contribution in [3.63, 3.8) is 0 Å². The van der Waals surface area contributed by atoms with E-state index in [1.165, 1.54) is 18.3 Å². The van der Waals surface area contributed by atoms with Gasteiger partial charge in [0.2, 0.25) is 11.7 Å². The molecule has 23 heavy (non-hydrogen) atoms. The molecule has 0 saturated carbocycles. The van der Waals surface area contributed by atoms with Crippen LogP contribution in [0.1, 0.15) is 11.6 Å². The van der Waals surface area contributed by atoms with Crippen molar-refractivity contribution in [3.8, 4) is 22.5 Å². The second-order valence-electron chi connectivity index (χ2n) is 4.80. The number of halogens is 3. The minimum atomic E-state index is -0.642. The lowest BCUT2D eigenvalue weighted by molar-refractivity contribution is 0.394. The zero-order valence-electron chi connectivity index (χ0n) is 12.0. The minimum Gasteiger partial charge on any atom is -0.339 e. The van der Waals surface area contributed by atoms with E-state index in [2.05, 4.69) is 15.1 Å². The molecule has 118 valence electrons. The molecular formula is C15H11ClF2N4O. The highest BCUT2D eigenvalue weighted by atomic mass is 35.5. The van der Waals surface area contributed by atoms with E-state index in [-0.39, 0.29) is 34.5 Å². The Morgan fingerprint density at radius 1 is 1.22 bits per heavy atom. The van der Waals surface area contributed by atoms with Crippen molar-refractivity contribution in [2.75, 3.05) is 0 Å². The van der Waals surface area contributed by atoms with Crippen molar-refractivity contribution in [2.45, 2.75) is 13.5 Å². The first kappa shape index (κ1) is 15.5. The largest absolute Gasteiger partial charge is 0.339 e. The Balaban J connectivity index is 2.24. The smallest absolute Gasteiger partial charge is 0.223 e. The lowest BCUT2D eigenvalue weighted by Gasteiger charge is -2.10. The first-order chi connectivity index (χ1) is 11.0. The molecule has 0 atom stereocenters. The van der Waals surface area contributed by atoms with Gasteiger partial charge in [0.25, 0.3) is 0 Å². The topological polar surface area (TPSA) is 77.8 Å². The molecule has 0 aliphatic carbocycles. The Morgan fingerprint density at radius 3 is 2.61 bits per heavy atom. The summed E-state index contributed by atoms with van der Waals surface area (Å²) in [5.74, 6) is -0.893. The molecule has 2 aromatic heterocycles. The van der Waals surface area contributed by atoms with Gasteiger partial charge in [0.1, 0.15) is 11.6 Å². The van der Waals surface area contributed by atoms with Gasteiger partial charge in [-0.25, -0.2) is 8.78 Å². The van der Waals surface area contributed by atoms with Crippen LogP contribution in [0.2, 0.25) is 5.02 Å². The highest BCUT2D eigenvalue weighted by Gasteiger charge is 2.20. The number of benzene rings is 1. The van der Waals surface area contributed by atoms with Gasteiger partial charge in [-0.05, 0) is 23.8 Å². The average Bonchev–Trinajstić information content (AvgIpc) is 2.92. The number of aromatic nitrogens is 3. The molecule has 3 aromatic rings. The number of aryl methyl sites for hydroxylation is 1. The number of pyridine rings is 1. The van der Waals surface area contributed by atoms with Crippen LogP contribution < -0.4 is 5.73 Å². The predicted molar refractivity (Wildman–Crippen MR) is 80.5 cm³/mol. The van der Waals surface area contributed by atoms with Crippen molar-refractivity contribution >= 4 is 11.6 Å². The molecule has 0 unspecified atom stereocenters. The van der Waals surface area contributed by atoms with Gasteiger partial charge in [-0.15, -0.1) is 0 Å². The van der Waals surface area contributed by atoms with E-state index >= 15 is 0 Å². The summed E-state index contributed by atoms with van der Waals surface area (Å²) in [6.07, 6.45) is 1.40. The molecule has 0 spiro atoms. The van der Waals surface area contributed by atoms with Crippen molar-refractivity contribution in [3.05, 3.63) is 52.6 Å². The zero-order chi connectivity index (χ0) is 16.6. The molecule has 2 N–H and O–H groups in total. The molecule has 0 fully saturated rings. The summed E-state index contributed by atoms with van der Waals surface area (Å²) in [5.41, 5.74) is 6.22. The Labute approximate surface area is 135 Å². The van der Waals surface area contributed by atoms with E-state index in [1.54, 1.807) is 6.92 Å². The molecule has 0 bridgehead atoms. The second kappa shape index (κ2) is 6.02. The molecule has 0 aliphatic rings. The minimum absolute atomic E-state index is 0.0348. The summed E-state index contributed by atoms with van der Waals surface area (Å²) in [5, 5.41) is 3.87. The van der Waals surface area contributed by atoms with Gasteiger partial charge in [0, 0.05) is 30.3 Å². The van der Waals surface area contributed by atoms with Crippen LogP contribution in [-0.4, -0.2) is 15.1 Å². The fourth-order valence-electron chi connectivity index (χ4n) is 2.19. The van der Waals surface area contributed by atoms with Gasteiger partial charge in [-0.1, -0.05) is 16.8 Å². The second-order valence-corrected chi connectivity index (χ2v) is 5.24. The first-order valence-electron chi connectivity index (χ1n) is 6.64.